The average Bonchev–Trinajstić information content (AvgIpc) is 2.73. The van der Waals surface area contributed by atoms with Crippen LogP contribution in [0, 0.1) is 0 Å². The maximum Gasteiger partial charge on any atom is 0.258 e. The molecule has 0 spiro atoms. The van der Waals surface area contributed by atoms with E-state index in [1.807, 2.05) is 19.9 Å². The van der Waals surface area contributed by atoms with Gasteiger partial charge in [0.05, 0.1) is 36.2 Å². The number of carbonyl (C=O) groups is 1. The zero-order chi connectivity index (χ0) is 21.0. The monoisotopic (exact) mass is 415 g/mol. The minimum Gasteiger partial charge on any atom is -0.493 e. The Morgan fingerprint density at radius 3 is 2.69 bits per heavy atom. The summed E-state index contributed by atoms with van der Waals surface area (Å²) >= 11 is 6.29. The number of halogens is 1. The largest absolute Gasteiger partial charge is 0.493 e. The molecule has 7 nitrogen and oxygen atoms in total. The highest BCUT2D eigenvalue weighted by Crippen LogP contribution is 2.36. The van der Waals surface area contributed by atoms with Gasteiger partial charge in [-0.15, -0.1) is 0 Å². The third-order valence-electron chi connectivity index (χ3n) is 4.44. The SMILES string of the molecule is CCOc1c(Cl)cc(C(=O)N(CC)Cc2nc3ccccc3c(=O)[nH]2)cc1OC. The number of benzene rings is 2. The predicted molar refractivity (Wildman–Crippen MR) is 112 cm³/mol. The quantitative estimate of drug-likeness (QED) is 0.636. The van der Waals surface area contributed by atoms with Gasteiger partial charge in [0.25, 0.3) is 11.5 Å². The van der Waals surface area contributed by atoms with Crippen LogP contribution in [0.5, 0.6) is 11.5 Å². The topological polar surface area (TPSA) is 84.5 Å². The van der Waals surface area contributed by atoms with Gasteiger partial charge < -0.3 is 19.4 Å². The summed E-state index contributed by atoms with van der Waals surface area (Å²) in [4.78, 5) is 34.1. The van der Waals surface area contributed by atoms with E-state index in [1.165, 1.54) is 7.11 Å². The van der Waals surface area contributed by atoms with E-state index >= 15 is 0 Å². The molecule has 0 unspecified atom stereocenters. The minimum atomic E-state index is -0.258. The van der Waals surface area contributed by atoms with Gasteiger partial charge in [-0.2, -0.15) is 0 Å². The number of hydrogen-bond acceptors (Lipinski definition) is 5. The summed E-state index contributed by atoms with van der Waals surface area (Å²) in [5, 5.41) is 0.802. The number of nitrogens with one attached hydrogen (secondary N) is 1. The number of H-pyrrole nitrogens is 1. The number of nitrogens with zero attached hydrogens (tertiary/aromatic N) is 2. The third-order valence-corrected chi connectivity index (χ3v) is 4.72. The lowest BCUT2D eigenvalue weighted by molar-refractivity contribution is 0.0748. The summed E-state index contributed by atoms with van der Waals surface area (Å²) in [7, 11) is 1.49. The van der Waals surface area contributed by atoms with Crippen molar-refractivity contribution in [3.63, 3.8) is 0 Å². The molecule has 0 bridgehead atoms. The number of methoxy groups -OCH3 is 1. The fourth-order valence-electron chi connectivity index (χ4n) is 3.03. The van der Waals surface area contributed by atoms with Crippen LogP contribution in [-0.4, -0.2) is 41.0 Å². The Morgan fingerprint density at radius 1 is 1.24 bits per heavy atom. The predicted octanol–water partition coefficient (Wildman–Crippen LogP) is 3.65. The molecule has 1 amide bonds. The standard InChI is InChI=1S/C21H22ClN3O4/c1-4-25(12-18-23-16-9-7-6-8-14(16)20(26)24-18)21(27)13-10-15(22)19(29-5-2)17(11-13)28-3/h6-11H,4-5,12H2,1-3H3,(H,23,24,26). The van der Waals surface area contributed by atoms with Crippen molar-refractivity contribution in [2.75, 3.05) is 20.3 Å². The molecule has 0 saturated carbocycles. The minimum absolute atomic E-state index is 0.155. The van der Waals surface area contributed by atoms with E-state index in [0.717, 1.165) is 0 Å². The van der Waals surface area contributed by atoms with Crippen LogP contribution in [0.1, 0.15) is 30.0 Å². The molecule has 0 aliphatic rings. The summed E-state index contributed by atoms with van der Waals surface area (Å²) in [6, 6.07) is 10.2. The molecule has 0 aliphatic heterocycles. The van der Waals surface area contributed by atoms with E-state index in [-0.39, 0.29) is 18.0 Å². The Bertz CT molecular complexity index is 1100. The number of hydrogen-bond donors (Lipinski definition) is 1. The molecule has 3 aromatic rings. The van der Waals surface area contributed by atoms with E-state index in [1.54, 1.807) is 35.2 Å². The Morgan fingerprint density at radius 2 is 2.00 bits per heavy atom. The maximum atomic E-state index is 13.1. The molecule has 29 heavy (non-hydrogen) atoms. The molecule has 1 aromatic heterocycles. The molecule has 0 aliphatic carbocycles. The average molecular weight is 416 g/mol. The molecule has 0 radical (unpaired) electrons. The van der Waals surface area contributed by atoms with E-state index in [4.69, 9.17) is 21.1 Å². The highest BCUT2D eigenvalue weighted by atomic mass is 35.5. The zero-order valence-corrected chi connectivity index (χ0v) is 17.2. The van der Waals surface area contributed by atoms with Crippen molar-refractivity contribution in [3.05, 3.63) is 63.2 Å². The second-order valence-corrected chi connectivity index (χ2v) is 6.68. The number of carbonyl (C=O) groups excluding carboxylic acids is 1. The van der Waals surface area contributed by atoms with Crippen LogP contribution in [0.3, 0.4) is 0 Å². The number of rotatable bonds is 7. The lowest BCUT2D eigenvalue weighted by atomic mass is 10.1. The molecule has 8 heteroatoms. The molecule has 1 heterocycles. The van der Waals surface area contributed by atoms with Gasteiger partial charge in [-0.1, -0.05) is 23.7 Å². The first-order valence-corrected chi connectivity index (χ1v) is 9.63. The lowest BCUT2D eigenvalue weighted by Crippen LogP contribution is -2.32. The van der Waals surface area contributed by atoms with Crippen molar-refractivity contribution >= 4 is 28.4 Å². The summed E-state index contributed by atoms with van der Waals surface area (Å²) in [6.45, 7) is 4.69. The second-order valence-electron chi connectivity index (χ2n) is 6.27. The summed E-state index contributed by atoms with van der Waals surface area (Å²) < 4.78 is 10.8. The summed E-state index contributed by atoms with van der Waals surface area (Å²) in [5.74, 6) is 0.937. The van der Waals surface area contributed by atoms with Gasteiger partial charge in [-0.25, -0.2) is 4.98 Å². The van der Waals surface area contributed by atoms with Crippen LogP contribution in [0.4, 0.5) is 0 Å². The van der Waals surface area contributed by atoms with Crippen molar-refractivity contribution in [1.82, 2.24) is 14.9 Å². The van der Waals surface area contributed by atoms with E-state index < -0.39 is 0 Å². The highest BCUT2D eigenvalue weighted by Gasteiger charge is 2.20. The van der Waals surface area contributed by atoms with Gasteiger partial charge in [-0.05, 0) is 38.1 Å². The first-order valence-electron chi connectivity index (χ1n) is 9.26. The first kappa shape index (κ1) is 20.7. The highest BCUT2D eigenvalue weighted by molar-refractivity contribution is 6.32. The zero-order valence-electron chi connectivity index (χ0n) is 16.5. The normalized spacial score (nSPS) is 10.8. The molecule has 152 valence electrons. The molecule has 3 rings (SSSR count). The van der Waals surface area contributed by atoms with Crippen LogP contribution >= 0.6 is 11.6 Å². The van der Waals surface area contributed by atoms with Gasteiger partial charge in [-0.3, -0.25) is 9.59 Å². The lowest BCUT2D eigenvalue weighted by Gasteiger charge is -2.21. The summed E-state index contributed by atoms with van der Waals surface area (Å²) in [5.41, 5.74) is 0.709. The van der Waals surface area contributed by atoms with Crippen LogP contribution in [0.2, 0.25) is 5.02 Å². The molecular weight excluding hydrogens is 394 g/mol. The maximum absolute atomic E-state index is 13.1. The van der Waals surface area contributed by atoms with Crippen molar-refractivity contribution in [2.45, 2.75) is 20.4 Å². The van der Waals surface area contributed by atoms with Crippen LogP contribution in [-0.2, 0) is 6.54 Å². The van der Waals surface area contributed by atoms with Crippen molar-refractivity contribution in [2.24, 2.45) is 0 Å². The smallest absolute Gasteiger partial charge is 0.258 e. The van der Waals surface area contributed by atoms with Crippen LogP contribution < -0.4 is 15.0 Å². The van der Waals surface area contributed by atoms with Gasteiger partial charge >= 0.3 is 0 Å². The van der Waals surface area contributed by atoms with Crippen LogP contribution in [0.25, 0.3) is 10.9 Å². The van der Waals surface area contributed by atoms with Crippen molar-refractivity contribution in [1.29, 1.82) is 0 Å². The fourth-order valence-corrected chi connectivity index (χ4v) is 3.29. The number of ether oxygens (including phenoxy) is 2. The third kappa shape index (κ3) is 4.35. The van der Waals surface area contributed by atoms with Gasteiger partial charge in [0.15, 0.2) is 11.5 Å². The fraction of sp³-hybridized carbons (Fsp3) is 0.286. The van der Waals surface area contributed by atoms with Gasteiger partial charge in [0.1, 0.15) is 5.82 Å². The molecule has 0 atom stereocenters. The second kappa shape index (κ2) is 8.96. The van der Waals surface area contributed by atoms with Crippen LogP contribution in [0.15, 0.2) is 41.2 Å². The number of amides is 1. The van der Waals surface area contributed by atoms with E-state index in [9.17, 15) is 9.59 Å². The molecular formula is C21H22ClN3O4. The number of aromatic nitrogens is 2. The Kier molecular flexibility index (Phi) is 6.39. The van der Waals surface area contributed by atoms with Crippen molar-refractivity contribution < 1.29 is 14.3 Å². The molecule has 0 fully saturated rings. The first-order chi connectivity index (χ1) is 14.0. The van der Waals surface area contributed by atoms with E-state index in [2.05, 4.69) is 9.97 Å². The Labute approximate surface area is 173 Å². The Hall–Kier alpha value is -3.06. The molecule has 0 saturated heterocycles. The summed E-state index contributed by atoms with van der Waals surface area (Å²) in [6.07, 6.45) is 0. The molecule has 2 aromatic carbocycles. The molecule has 1 N–H and O–H groups in total. The van der Waals surface area contributed by atoms with Crippen molar-refractivity contribution in [3.8, 4) is 11.5 Å². The number of para-hydroxylation sites is 1. The van der Waals surface area contributed by atoms with Gasteiger partial charge in [0, 0.05) is 12.1 Å². The van der Waals surface area contributed by atoms with Gasteiger partial charge in [0.2, 0.25) is 0 Å². The Balaban J connectivity index is 1.91. The van der Waals surface area contributed by atoms with E-state index in [0.29, 0.717) is 52.0 Å². The number of aromatic amines is 1. The number of fused-ring (bicyclic) bond motifs is 1.